The number of aromatic nitrogens is 2. The Labute approximate surface area is 164 Å². The van der Waals surface area contributed by atoms with Crippen molar-refractivity contribution < 1.29 is 4.79 Å². The molecule has 1 aliphatic heterocycles. The normalized spacial score (nSPS) is 15.4. The van der Waals surface area contributed by atoms with Gasteiger partial charge < -0.3 is 14.2 Å². The van der Waals surface area contributed by atoms with Crippen LogP contribution < -0.4 is 0 Å². The van der Waals surface area contributed by atoms with E-state index in [9.17, 15) is 4.79 Å². The van der Waals surface area contributed by atoms with Crippen LogP contribution in [0.15, 0.2) is 59.8 Å². The van der Waals surface area contributed by atoms with E-state index in [1.165, 1.54) is 0 Å². The number of likely N-dealkylation sites (N-methyl/N-ethyl adjacent to an activating group) is 1. The fourth-order valence-corrected chi connectivity index (χ4v) is 4.14. The molecule has 2 aromatic heterocycles. The maximum Gasteiger partial charge on any atom is 0.253 e. The molecule has 0 atom stereocenters. The summed E-state index contributed by atoms with van der Waals surface area (Å²) in [5.41, 5.74) is 2.80. The number of carbonyl (C=O) groups excluding carboxylic acids is 1. The molecule has 0 radical (unpaired) electrons. The lowest BCUT2D eigenvalue weighted by Gasteiger charge is -2.34. The number of pyridine rings is 1. The van der Waals surface area contributed by atoms with Gasteiger partial charge in [0.15, 0.2) is 0 Å². The van der Waals surface area contributed by atoms with Gasteiger partial charge in [0.25, 0.3) is 5.91 Å². The second-order valence-electron chi connectivity index (χ2n) is 6.74. The molecule has 0 N–H and O–H groups in total. The van der Waals surface area contributed by atoms with E-state index in [0.29, 0.717) is 0 Å². The van der Waals surface area contributed by atoms with Crippen molar-refractivity contribution in [3.8, 4) is 0 Å². The summed E-state index contributed by atoms with van der Waals surface area (Å²) in [6.45, 7) is 6.79. The summed E-state index contributed by atoms with van der Waals surface area (Å²) in [5, 5.41) is 0. The zero-order valence-corrected chi connectivity index (χ0v) is 16.4. The standard InChI is InChI=1S/C21H24N4OS/c1-2-23-11-13-24(14-12-23)21(26)17-6-8-19(9-7-17)27-16-18-15-25-10-4-3-5-20(25)22-18/h3-10,15H,2,11-14,16H2,1H3. The van der Waals surface area contributed by atoms with E-state index in [1.807, 2.05) is 58.0 Å². The van der Waals surface area contributed by atoms with Gasteiger partial charge in [0.05, 0.1) is 5.69 Å². The van der Waals surface area contributed by atoms with Gasteiger partial charge in [0, 0.05) is 54.8 Å². The van der Waals surface area contributed by atoms with Crippen molar-refractivity contribution in [1.82, 2.24) is 19.2 Å². The van der Waals surface area contributed by atoms with Gasteiger partial charge in [-0.3, -0.25) is 4.79 Å². The lowest BCUT2D eigenvalue weighted by atomic mass is 10.2. The van der Waals surface area contributed by atoms with E-state index in [-0.39, 0.29) is 5.91 Å². The summed E-state index contributed by atoms with van der Waals surface area (Å²) in [5.74, 6) is 0.955. The van der Waals surface area contributed by atoms with Crippen LogP contribution >= 0.6 is 11.8 Å². The Morgan fingerprint density at radius 2 is 1.85 bits per heavy atom. The first-order valence-corrected chi connectivity index (χ1v) is 10.4. The van der Waals surface area contributed by atoms with E-state index in [0.717, 1.165) is 60.3 Å². The molecule has 0 spiro atoms. The minimum atomic E-state index is 0.141. The quantitative estimate of drug-likeness (QED) is 0.636. The first kappa shape index (κ1) is 18.1. The Balaban J connectivity index is 1.35. The second-order valence-corrected chi connectivity index (χ2v) is 7.79. The van der Waals surface area contributed by atoms with Gasteiger partial charge in [-0.1, -0.05) is 13.0 Å². The van der Waals surface area contributed by atoms with Crippen molar-refractivity contribution in [3.05, 3.63) is 66.1 Å². The molecule has 0 bridgehead atoms. The first-order chi connectivity index (χ1) is 13.2. The molecular formula is C21H24N4OS. The van der Waals surface area contributed by atoms with Crippen molar-refractivity contribution in [1.29, 1.82) is 0 Å². The highest BCUT2D eigenvalue weighted by Gasteiger charge is 2.21. The highest BCUT2D eigenvalue weighted by Crippen LogP contribution is 2.23. The first-order valence-electron chi connectivity index (χ1n) is 9.40. The second kappa shape index (κ2) is 8.15. The molecular weight excluding hydrogens is 356 g/mol. The van der Waals surface area contributed by atoms with Gasteiger partial charge in [-0.15, -0.1) is 11.8 Å². The van der Waals surface area contributed by atoms with Gasteiger partial charge in [-0.25, -0.2) is 4.98 Å². The van der Waals surface area contributed by atoms with E-state index < -0.39 is 0 Å². The third-order valence-corrected chi connectivity index (χ3v) is 6.05. The van der Waals surface area contributed by atoms with E-state index in [4.69, 9.17) is 0 Å². The molecule has 1 fully saturated rings. The van der Waals surface area contributed by atoms with Crippen LogP contribution in [-0.2, 0) is 5.75 Å². The number of benzene rings is 1. The van der Waals surface area contributed by atoms with E-state index in [2.05, 4.69) is 23.0 Å². The molecule has 5 nitrogen and oxygen atoms in total. The SMILES string of the molecule is CCN1CCN(C(=O)c2ccc(SCc3cn4ccccc4n3)cc2)CC1. The molecule has 6 heteroatoms. The number of thioether (sulfide) groups is 1. The fraction of sp³-hybridized carbons (Fsp3) is 0.333. The monoisotopic (exact) mass is 380 g/mol. The van der Waals surface area contributed by atoms with Crippen LogP contribution in [0.3, 0.4) is 0 Å². The number of piperazine rings is 1. The topological polar surface area (TPSA) is 40.9 Å². The zero-order chi connectivity index (χ0) is 18.6. The number of nitrogens with zero attached hydrogens (tertiary/aromatic N) is 4. The number of fused-ring (bicyclic) bond motifs is 1. The van der Waals surface area contributed by atoms with Crippen molar-refractivity contribution in [2.24, 2.45) is 0 Å². The number of carbonyl (C=O) groups is 1. The van der Waals surface area contributed by atoms with Gasteiger partial charge in [0.1, 0.15) is 5.65 Å². The molecule has 1 aromatic carbocycles. The predicted octanol–water partition coefficient (Wildman–Crippen LogP) is 3.40. The van der Waals surface area contributed by atoms with Gasteiger partial charge in [-0.05, 0) is 42.9 Å². The highest BCUT2D eigenvalue weighted by atomic mass is 32.2. The lowest BCUT2D eigenvalue weighted by molar-refractivity contribution is 0.0643. The van der Waals surface area contributed by atoms with Crippen molar-refractivity contribution >= 4 is 23.3 Å². The molecule has 27 heavy (non-hydrogen) atoms. The van der Waals surface area contributed by atoms with Gasteiger partial charge >= 0.3 is 0 Å². The summed E-state index contributed by atoms with van der Waals surface area (Å²) in [6.07, 6.45) is 4.08. The summed E-state index contributed by atoms with van der Waals surface area (Å²) in [6, 6.07) is 14.0. The Morgan fingerprint density at radius 3 is 2.56 bits per heavy atom. The van der Waals surface area contributed by atoms with Crippen LogP contribution in [-0.4, -0.2) is 57.8 Å². The molecule has 140 valence electrons. The van der Waals surface area contributed by atoms with Crippen LogP contribution in [0.2, 0.25) is 0 Å². The van der Waals surface area contributed by atoms with E-state index >= 15 is 0 Å². The Kier molecular flexibility index (Phi) is 5.45. The molecule has 1 amide bonds. The maximum atomic E-state index is 12.7. The van der Waals surface area contributed by atoms with E-state index in [1.54, 1.807) is 11.8 Å². The fourth-order valence-electron chi connectivity index (χ4n) is 3.36. The zero-order valence-electron chi connectivity index (χ0n) is 15.5. The summed E-state index contributed by atoms with van der Waals surface area (Å²) in [7, 11) is 0. The van der Waals surface area contributed by atoms with Gasteiger partial charge in [-0.2, -0.15) is 0 Å². The molecule has 1 saturated heterocycles. The largest absolute Gasteiger partial charge is 0.336 e. The number of imidazole rings is 1. The third-order valence-electron chi connectivity index (χ3n) is 5.01. The van der Waals surface area contributed by atoms with Crippen LogP contribution in [0, 0.1) is 0 Å². The third kappa shape index (κ3) is 4.17. The smallest absolute Gasteiger partial charge is 0.253 e. The highest BCUT2D eigenvalue weighted by molar-refractivity contribution is 7.98. The molecule has 3 aromatic rings. The minimum Gasteiger partial charge on any atom is -0.336 e. The molecule has 4 rings (SSSR count). The average molecular weight is 381 g/mol. The molecule has 0 unspecified atom stereocenters. The minimum absolute atomic E-state index is 0.141. The van der Waals surface area contributed by atoms with Crippen LogP contribution in [0.1, 0.15) is 23.0 Å². The van der Waals surface area contributed by atoms with Crippen LogP contribution in [0.25, 0.3) is 5.65 Å². The Hall–Kier alpha value is -2.31. The molecule has 1 aliphatic rings. The number of rotatable bonds is 5. The van der Waals surface area contributed by atoms with Crippen molar-refractivity contribution in [2.45, 2.75) is 17.6 Å². The predicted molar refractivity (Wildman–Crippen MR) is 109 cm³/mol. The van der Waals surface area contributed by atoms with Crippen molar-refractivity contribution in [3.63, 3.8) is 0 Å². The molecule has 3 heterocycles. The van der Waals surface area contributed by atoms with Gasteiger partial charge in [0.2, 0.25) is 0 Å². The summed E-state index contributed by atoms with van der Waals surface area (Å²) >= 11 is 1.74. The van der Waals surface area contributed by atoms with Crippen LogP contribution in [0.5, 0.6) is 0 Å². The maximum absolute atomic E-state index is 12.7. The number of hydrogen-bond donors (Lipinski definition) is 0. The lowest BCUT2D eigenvalue weighted by Crippen LogP contribution is -2.48. The summed E-state index contributed by atoms with van der Waals surface area (Å²) in [4.78, 5) is 22.8. The number of hydrogen-bond acceptors (Lipinski definition) is 4. The summed E-state index contributed by atoms with van der Waals surface area (Å²) < 4.78 is 2.04. The van der Waals surface area contributed by atoms with Crippen molar-refractivity contribution in [2.75, 3.05) is 32.7 Å². The molecule has 0 saturated carbocycles. The molecule has 0 aliphatic carbocycles. The Morgan fingerprint density at radius 1 is 1.07 bits per heavy atom. The Bertz CT molecular complexity index is 880. The van der Waals surface area contributed by atoms with Crippen LogP contribution in [0.4, 0.5) is 0 Å². The number of amides is 1. The average Bonchev–Trinajstić information content (AvgIpc) is 3.15.